The molecule has 0 aliphatic rings. The number of hydroxylamine groups is 2. The summed E-state index contributed by atoms with van der Waals surface area (Å²) in [6, 6.07) is 26.8. The van der Waals surface area contributed by atoms with Gasteiger partial charge in [-0.2, -0.15) is 5.06 Å². The molecule has 1 unspecified atom stereocenters. The molecule has 0 radical (unpaired) electrons. The predicted octanol–water partition coefficient (Wildman–Crippen LogP) is 4.68. The fourth-order valence-electron chi connectivity index (χ4n) is 2.65. The topological polar surface area (TPSA) is 32.7 Å². The van der Waals surface area contributed by atoms with Crippen molar-refractivity contribution < 1.29 is 9.94 Å². The Bertz CT molecular complexity index is 865. The molecule has 3 heteroatoms. The van der Waals surface area contributed by atoms with Crippen LogP contribution in [0.5, 0.6) is 5.75 Å². The molecule has 3 aromatic carbocycles. The lowest BCUT2D eigenvalue weighted by atomic mass is 10.1. The molecule has 1 N–H and O–H groups in total. The summed E-state index contributed by atoms with van der Waals surface area (Å²) in [5, 5.41) is 12.0. The first-order valence-corrected chi connectivity index (χ1v) is 8.46. The standard InChI is InChI=1S/C23H21NO2/c1-26-22-15-13-21(14-16-22)23(17-12-19-8-4-2-5-9-19)24(25)18-20-10-6-3-7-11-20/h2-11,13-16,23,25H,18H2,1H3. The molecule has 0 fully saturated rings. The van der Waals surface area contributed by atoms with E-state index in [4.69, 9.17) is 4.74 Å². The number of nitrogens with zero attached hydrogens (tertiary/aromatic N) is 1. The van der Waals surface area contributed by atoms with E-state index < -0.39 is 6.04 Å². The van der Waals surface area contributed by atoms with Crippen molar-refractivity contribution >= 4 is 0 Å². The van der Waals surface area contributed by atoms with Gasteiger partial charge in [-0.05, 0) is 35.4 Å². The number of ether oxygens (including phenoxy) is 1. The summed E-state index contributed by atoms with van der Waals surface area (Å²) in [4.78, 5) is 0. The van der Waals surface area contributed by atoms with Gasteiger partial charge < -0.3 is 9.94 Å². The Hall–Kier alpha value is -3.06. The van der Waals surface area contributed by atoms with Crippen molar-refractivity contribution in [1.29, 1.82) is 0 Å². The Kier molecular flexibility index (Phi) is 6.05. The van der Waals surface area contributed by atoms with Crippen molar-refractivity contribution in [3.8, 4) is 17.6 Å². The summed E-state index contributed by atoms with van der Waals surface area (Å²) in [6.45, 7) is 0.390. The Balaban J connectivity index is 1.88. The van der Waals surface area contributed by atoms with Crippen LogP contribution in [0.3, 0.4) is 0 Å². The minimum absolute atomic E-state index is 0.390. The molecule has 3 rings (SSSR count). The average Bonchev–Trinajstić information content (AvgIpc) is 2.70. The summed E-state index contributed by atoms with van der Waals surface area (Å²) in [7, 11) is 1.63. The van der Waals surface area contributed by atoms with E-state index in [-0.39, 0.29) is 0 Å². The average molecular weight is 343 g/mol. The largest absolute Gasteiger partial charge is 0.497 e. The van der Waals surface area contributed by atoms with Crippen LogP contribution in [0.1, 0.15) is 22.7 Å². The summed E-state index contributed by atoms with van der Waals surface area (Å²) in [5.41, 5.74) is 2.85. The number of hydrogen-bond donors (Lipinski definition) is 1. The van der Waals surface area contributed by atoms with E-state index in [0.29, 0.717) is 6.54 Å². The number of hydrogen-bond acceptors (Lipinski definition) is 3. The minimum Gasteiger partial charge on any atom is -0.497 e. The SMILES string of the molecule is COc1ccc(C(C#Cc2ccccc2)N(O)Cc2ccccc2)cc1. The van der Waals surface area contributed by atoms with Crippen LogP contribution in [0.25, 0.3) is 0 Å². The van der Waals surface area contributed by atoms with Gasteiger partial charge in [0.05, 0.1) is 13.7 Å². The molecule has 0 spiro atoms. The quantitative estimate of drug-likeness (QED) is 0.539. The highest BCUT2D eigenvalue weighted by Gasteiger charge is 2.17. The van der Waals surface area contributed by atoms with Crippen LogP contribution in [-0.2, 0) is 6.54 Å². The van der Waals surface area contributed by atoms with Crippen molar-refractivity contribution in [1.82, 2.24) is 5.06 Å². The highest BCUT2D eigenvalue weighted by atomic mass is 16.5. The number of methoxy groups -OCH3 is 1. The maximum Gasteiger partial charge on any atom is 0.121 e. The van der Waals surface area contributed by atoms with Gasteiger partial charge in [0.2, 0.25) is 0 Å². The van der Waals surface area contributed by atoms with E-state index in [9.17, 15) is 5.21 Å². The summed E-state index contributed by atoms with van der Waals surface area (Å²) < 4.78 is 5.22. The molecule has 3 nitrogen and oxygen atoms in total. The summed E-state index contributed by atoms with van der Waals surface area (Å²) in [6.07, 6.45) is 0. The van der Waals surface area contributed by atoms with Gasteiger partial charge in [0.15, 0.2) is 0 Å². The molecule has 0 heterocycles. The summed E-state index contributed by atoms with van der Waals surface area (Å²) >= 11 is 0. The fraction of sp³-hybridized carbons (Fsp3) is 0.130. The van der Waals surface area contributed by atoms with Crippen LogP contribution < -0.4 is 4.74 Å². The lowest BCUT2D eigenvalue weighted by molar-refractivity contribution is -0.121. The number of benzene rings is 3. The fourth-order valence-corrected chi connectivity index (χ4v) is 2.65. The molecular weight excluding hydrogens is 322 g/mol. The van der Waals surface area contributed by atoms with Crippen molar-refractivity contribution in [3.63, 3.8) is 0 Å². The van der Waals surface area contributed by atoms with Crippen LogP contribution in [-0.4, -0.2) is 17.4 Å². The molecule has 130 valence electrons. The summed E-state index contributed by atoms with van der Waals surface area (Å²) in [5.74, 6) is 7.12. The van der Waals surface area contributed by atoms with Crippen LogP contribution in [0.2, 0.25) is 0 Å². The highest BCUT2D eigenvalue weighted by molar-refractivity contribution is 5.39. The van der Waals surface area contributed by atoms with Crippen LogP contribution in [0.15, 0.2) is 84.9 Å². The van der Waals surface area contributed by atoms with E-state index in [1.54, 1.807) is 7.11 Å². The molecule has 26 heavy (non-hydrogen) atoms. The number of rotatable bonds is 5. The first kappa shape index (κ1) is 17.8. The van der Waals surface area contributed by atoms with Gasteiger partial charge in [0.1, 0.15) is 11.8 Å². The molecule has 0 saturated heterocycles. The van der Waals surface area contributed by atoms with Gasteiger partial charge in [-0.15, -0.1) is 0 Å². The molecule has 0 amide bonds. The maximum absolute atomic E-state index is 10.7. The molecule has 0 aromatic heterocycles. The van der Waals surface area contributed by atoms with Crippen molar-refractivity contribution in [3.05, 3.63) is 102 Å². The Morgan fingerprint density at radius 2 is 1.50 bits per heavy atom. The smallest absolute Gasteiger partial charge is 0.121 e. The van der Waals surface area contributed by atoms with E-state index >= 15 is 0 Å². The zero-order chi connectivity index (χ0) is 18.2. The molecule has 0 aliphatic carbocycles. The van der Waals surface area contributed by atoms with Crippen LogP contribution in [0, 0.1) is 11.8 Å². The molecule has 0 saturated carbocycles. The maximum atomic E-state index is 10.7. The third-order valence-electron chi connectivity index (χ3n) is 4.04. The van der Waals surface area contributed by atoms with Gasteiger partial charge in [0, 0.05) is 5.56 Å². The highest BCUT2D eigenvalue weighted by Crippen LogP contribution is 2.23. The minimum atomic E-state index is -0.443. The van der Waals surface area contributed by atoms with Gasteiger partial charge >= 0.3 is 0 Å². The third kappa shape index (κ3) is 4.73. The zero-order valence-corrected chi connectivity index (χ0v) is 14.7. The van der Waals surface area contributed by atoms with Gasteiger partial charge in [-0.1, -0.05) is 72.5 Å². The van der Waals surface area contributed by atoms with E-state index in [1.165, 1.54) is 5.06 Å². The zero-order valence-electron chi connectivity index (χ0n) is 14.7. The van der Waals surface area contributed by atoms with E-state index in [2.05, 4.69) is 11.8 Å². The normalized spacial score (nSPS) is 11.5. The van der Waals surface area contributed by atoms with Crippen molar-refractivity contribution in [2.24, 2.45) is 0 Å². The van der Waals surface area contributed by atoms with Gasteiger partial charge in [0.25, 0.3) is 0 Å². The Morgan fingerprint density at radius 1 is 0.885 bits per heavy atom. The second kappa shape index (κ2) is 8.87. The molecule has 0 aliphatic heterocycles. The second-order valence-electron chi connectivity index (χ2n) is 5.89. The Labute approximate surface area is 154 Å². The van der Waals surface area contributed by atoms with Crippen LogP contribution >= 0.6 is 0 Å². The van der Waals surface area contributed by atoms with Crippen molar-refractivity contribution in [2.45, 2.75) is 12.6 Å². The van der Waals surface area contributed by atoms with Gasteiger partial charge in [-0.3, -0.25) is 0 Å². The van der Waals surface area contributed by atoms with Crippen LogP contribution in [0.4, 0.5) is 0 Å². The second-order valence-corrected chi connectivity index (χ2v) is 5.89. The lowest BCUT2D eigenvalue weighted by Gasteiger charge is -2.22. The van der Waals surface area contributed by atoms with E-state index in [0.717, 1.165) is 22.4 Å². The first-order chi connectivity index (χ1) is 12.8. The molecular formula is C23H21NO2. The predicted molar refractivity (Wildman–Crippen MR) is 103 cm³/mol. The molecule has 0 bridgehead atoms. The third-order valence-corrected chi connectivity index (χ3v) is 4.04. The monoisotopic (exact) mass is 343 g/mol. The lowest BCUT2D eigenvalue weighted by Crippen LogP contribution is -2.24. The van der Waals surface area contributed by atoms with Crippen molar-refractivity contribution in [2.75, 3.05) is 7.11 Å². The molecule has 1 atom stereocenters. The Morgan fingerprint density at radius 3 is 2.12 bits per heavy atom. The van der Waals surface area contributed by atoms with E-state index in [1.807, 2.05) is 84.9 Å². The van der Waals surface area contributed by atoms with Gasteiger partial charge in [-0.25, -0.2) is 0 Å². The first-order valence-electron chi connectivity index (χ1n) is 8.46. The molecule has 3 aromatic rings.